The molecular formula is C16H14BrNO3. The SMILES string of the molecule is CC(=O)c1ccc(Br)cc1OCC(=O)Nc1ccccc1. The van der Waals surface area contributed by atoms with E-state index in [1.807, 2.05) is 18.2 Å². The van der Waals surface area contributed by atoms with Gasteiger partial charge in [-0.3, -0.25) is 9.59 Å². The summed E-state index contributed by atoms with van der Waals surface area (Å²) in [6, 6.07) is 14.2. The van der Waals surface area contributed by atoms with Crippen molar-refractivity contribution in [3.63, 3.8) is 0 Å². The molecular weight excluding hydrogens is 334 g/mol. The van der Waals surface area contributed by atoms with Crippen molar-refractivity contribution < 1.29 is 14.3 Å². The summed E-state index contributed by atoms with van der Waals surface area (Å²) in [4.78, 5) is 23.3. The monoisotopic (exact) mass is 347 g/mol. The van der Waals surface area contributed by atoms with Crippen LogP contribution in [-0.4, -0.2) is 18.3 Å². The van der Waals surface area contributed by atoms with Crippen LogP contribution in [0.25, 0.3) is 0 Å². The van der Waals surface area contributed by atoms with Crippen LogP contribution in [0.1, 0.15) is 17.3 Å². The van der Waals surface area contributed by atoms with E-state index in [0.29, 0.717) is 17.0 Å². The van der Waals surface area contributed by atoms with Crippen molar-refractivity contribution in [2.45, 2.75) is 6.92 Å². The number of carbonyl (C=O) groups excluding carboxylic acids is 2. The fourth-order valence-corrected chi connectivity index (χ4v) is 2.11. The quantitative estimate of drug-likeness (QED) is 0.839. The lowest BCUT2D eigenvalue weighted by molar-refractivity contribution is -0.118. The van der Waals surface area contributed by atoms with Crippen molar-refractivity contribution in [1.82, 2.24) is 0 Å². The number of ether oxygens (including phenoxy) is 1. The zero-order valence-corrected chi connectivity index (χ0v) is 13.0. The van der Waals surface area contributed by atoms with Crippen LogP contribution in [0.3, 0.4) is 0 Å². The Morgan fingerprint density at radius 3 is 2.52 bits per heavy atom. The molecule has 1 N–H and O–H groups in total. The zero-order chi connectivity index (χ0) is 15.2. The number of Topliss-reactive ketones (excluding diaryl/α,β-unsaturated/α-hetero) is 1. The van der Waals surface area contributed by atoms with Crippen LogP contribution in [0.4, 0.5) is 5.69 Å². The summed E-state index contributed by atoms with van der Waals surface area (Å²) in [5, 5.41) is 2.71. The van der Waals surface area contributed by atoms with E-state index in [2.05, 4.69) is 21.2 Å². The normalized spacial score (nSPS) is 10.0. The molecule has 2 rings (SSSR count). The highest BCUT2D eigenvalue weighted by Crippen LogP contribution is 2.24. The van der Waals surface area contributed by atoms with Crippen LogP contribution in [0.15, 0.2) is 53.0 Å². The van der Waals surface area contributed by atoms with E-state index in [-0.39, 0.29) is 18.3 Å². The average Bonchev–Trinajstić information content (AvgIpc) is 2.46. The molecule has 0 bridgehead atoms. The first kappa shape index (κ1) is 15.3. The van der Waals surface area contributed by atoms with Gasteiger partial charge in [0.05, 0.1) is 5.56 Å². The summed E-state index contributed by atoms with van der Waals surface area (Å²) < 4.78 is 6.23. The van der Waals surface area contributed by atoms with Crippen molar-refractivity contribution in [3.8, 4) is 5.75 Å². The first-order valence-corrected chi connectivity index (χ1v) is 7.14. The molecule has 0 heterocycles. The second-order valence-electron chi connectivity index (χ2n) is 4.40. The molecule has 0 aliphatic heterocycles. The Morgan fingerprint density at radius 2 is 1.86 bits per heavy atom. The fourth-order valence-electron chi connectivity index (χ4n) is 1.77. The van der Waals surface area contributed by atoms with Crippen molar-refractivity contribution in [1.29, 1.82) is 0 Å². The predicted octanol–water partition coefficient (Wildman–Crippen LogP) is 3.67. The van der Waals surface area contributed by atoms with Crippen LogP contribution < -0.4 is 10.1 Å². The minimum Gasteiger partial charge on any atom is -0.483 e. The number of halogens is 1. The van der Waals surface area contributed by atoms with E-state index in [1.165, 1.54) is 6.92 Å². The van der Waals surface area contributed by atoms with Gasteiger partial charge in [-0.05, 0) is 37.3 Å². The van der Waals surface area contributed by atoms with Gasteiger partial charge in [0, 0.05) is 10.2 Å². The Labute approximate surface area is 131 Å². The van der Waals surface area contributed by atoms with E-state index < -0.39 is 0 Å². The summed E-state index contributed by atoms with van der Waals surface area (Å²) in [5.41, 5.74) is 1.15. The molecule has 0 aliphatic rings. The third-order valence-corrected chi connectivity index (χ3v) is 3.23. The molecule has 0 aromatic heterocycles. The molecule has 1 amide bonds. The first-order valence-electron chi connectivity index (χ1n) is 6.34. The smallest absolute Gasteiger partial charge is 0.262 e. The Kier molecular flexibility index (Phi) is 5.11. The molecule has 0 saturated heterocycles. The number of amides is 1. The maximum absolute atomic E-state index is 11.8. The number of ketones is 1. The van der Waals surface area contributed by atoms with Gasteiger partial charge in [-0.1, -0.05) is 34.1 Å². The number of benzene rings is 2. The van der Waals surface area contributed by atoms with Gasteiger partial charge in [-0.15, -0.1) is 0 Å². The lowest BCUT2D eigenvalue weighted by Crippen LogP contribution is -2.20. The predicted molar refractivity (Wildman–Crippen MR) is 84.7 cm³/mol. The molecule has 2 aromatic rings. The third-order valence-electron chi connectivity index (χ3n) is 2.74. The highest BCUT2D eigenvalue weighted by Gasteiger charge is 2.11. The summed E-state index contributed by atoms with van der Waals surface area (Å²) in [6.45, 7) is 1.30. The van der Waals surface area contributed by atoms with Crippen molar-refractivity contribution in [2.75, 3.05) is 11.9 Å². The molecule has 4 nitrogen and oxygen atoms in total. The van der Waals surface area contributed by atoms with Gasteiger partial charge in [0.2, 0.25) is 0 Å². The van der Waals surface area contributed by atoms with Crippen molar-refractivity contribution in [3.05, 3.63) is 58.6 Å². The Balaban J connectivity index is 2.01. The Morgan fingerprint density at radius 1 is 1.14 bits per heavy atom. The highest BCUT2D eigenvalue weighted by molar-refractivity contribution is 9.10. The van der Waals surface area contributed by atoms with Gasteiger partial charge >= 0.3 is 0 Å². The average molecular weight is 348 g/mol. The Bertz CT molecular complexity index is 656. The number of hydrogen-bond acceptors (Lipinski definition) is 3. The van der Waals surface area contributed by atoms with E-state index in [0.717, 1.165) is 4.47 Å². The number of rotatable bonds is 5. The largest absolute Gasteiger partial charge is 0.483 e. The topological polar surface area (TPSA) is 55.4 Å². The second-order valence-corrected chi connectivity index (χ2v) is 5.32. The van der Waals surface area contributed by atoms with Gasteiger partial charge < -0.3 is 10.1 Å². The lowest BCUT2D eigenvalue weighted by atomic mass is 10.1. The van der Waals surface area contributed by atoms with Crippen LogP contribution in [0, 0.1) is 0 Å². The first-order chi connectivity index (χ1) is 10.1. The number of carbonyl (C=O) groups is 2. The van der Waals surface area contributed by atoms with Crippen molar-refractivity contribution >= 4 is 33.3 Å². The molecule has 0 fully saturated rings. The molecule has 5 heteroatoms. The van der Waals surface area contributed by atoms with Gasteiger partial charge in [0.1, 0.15) is 5.75 Å². The molecule has 0 saturated carbocycles. The van der Waals surface area contributed by atoms with E-state index in [1.54, 1.807) is 30.3 Å². The molecule has 0 radical (unpaired) electrons. The molecule has 2 aromatic carbocycles. The Hall–Kier alpha value is -2.14. The number of anilines is 1. The van der Waals surface area contributed by atoms with Crippen LogP contribution in [-0.2, 0) is 4.79 Å². The van der Waals surface area contributed by atoms with E-state index >= 15 is 0 Å². The van der Waals surface area contributed by atoms with Crippen LogP contribution >= 0.6 is 15.9 Å². The molecule has 0 unspecified atom stereocenters. The lowest BCUT2D eigenvalue weighted by Gasteiger charge is -2.10. The highest BCUT2D eigenvalue weighted by atomic mass is 79.9. The van der Waals surface area contributed by atoms with Crippen LogP contribution in [0.2, 0.25) is 0 Å². The van der Waals surface area contributed by atoms with Gasteiger partial charge in [-0.2, -0.15) is 0 Å². The molecule has 0 spiro atoms. The van der Waals surface area contributed by atoms with E-state index in [9.17, 15) is 9.59 Å². The summed E-state index contributed by atoms with van der Waals surface area (Å²) >= 11 is 3.31. The van der Waals surface area contributed by atoms with Crippen LogP contribution in [0.5, 0.6) is 5.75 Å². The second kappa shape index (κ2) is 7.04. The zero-order valence-electron chi connectivity index (χ0n) is 11.4. The molecule has 108 valence electrons. The summed E-state index contributed by atoms with van der Waals surface area (Å²) in [6.07, 6.45) is 0. The standard InChI is InChI=1S/C16H14BrNO3/c1-11(19)14-8-7-12(17)9-15(14)21-10-16(20)18-13-5-3-2-4-6-13/h2-9H,10H2,1H3,(H,18,20). The van der Waals surface area contributed by atoms with Gasteiger partial charge in [0.15, 0.2) is 12.4 Å². The van der Waals surface area contributed by atoms with Gasteiger partial charge in [-0.25, -0.2) is 0 Å². The number of nitrogens with one attached hydrogen (secondary N) is 1. The number of hydrogen-bond donors (Lipinski definition) is 1. The van der Waals surface area contributed by atoms with Crippen molar-refractivity contribution in [2.24, 2.45) is 0 Å². The summed E-state index contributed by atoms with van der Waals surface area (Å²) in [7, 11) is 0. The minimum atomic E-state index is -0.282. The summed E-state index contributed by atoms with van der Waals surface area (Å²) in [5.74, 6) is -0.00303. The number of para-hydroxylation sites is 1. The maximum Gasteiger partial charge on any atom is 0.262 e. The maximum atomic E-state index is 11.8. The minimum absolute atomic E-state index is 0.110. The van der Waals surface area contributed by atoms with E-state index in [4.69, 9.17) is 4.74 Å². The molecule has 0 aliphatic carbocycles. The molecule has 21 heavy (non-hydrogen) atoms. The third kappa shape index (κ3) is 4.43. The fraction of sp³-hybridized carbons (Fsp3) is 0.125. The molecule has 0 atom stereocenters. The van der Waals surface area contributed by atoms with Gasteiger partial charge in [0.25, 0.3) is 5.91 Å².